The molecule has 2 aromatic carbocycles. The van der Waals surface area contributed by atoms with Gasteiger partial charge in [0.25, 0.3) is 10.0 Å². The number of halogens is 1. The molecule has 6 nitrogen and oxygen atoms in total. The van der Waals surface area contributed by atoms with Gasteiger partial charge in [0.15, 0.2) is 0 Å². The quantitative estimate of drug-likeness (QED) is 0.598. The normalized spacial score (nSPS) is 11.2. The summed E-state index contributed by atoms with van der Waals surface area (Å²) in [6, 6.07) is 11.2. The third-order valence-electron chi connectivity index (χ3n) is 3.69. The standard InChI is InChI=1S/C18H22ClN3O3S/c1-13-5-8-16(21-18(23)4-3-11-20-2)12-17(13)26(24,25)22-15-9-6-14(19)7-10-15/h5-10,12,20,22H,3-4,11H2,1-2H3,(H,21,23). The molecule has 0 unspecified atom stereocenters. The van der Waals surface area contributed by atoms with E-state index in [-0.39, 0.29) is 10.8 Å². The lowest BCUT2D eigenvalue weighted by atomic mass is 10.2. The Morgan fingerprint density at radius 1 is 1.08 bits per heavy atom. The van der Waals surface area contributed by atoms with Crippen LogP contribution in [0.1, 0.15) is 18.4 Å². The predicted molar refractivity (Wildman–Crippen MR) is 105 cm³/mol. The Hall–Kier alpha value is -2.09. The number of carbonyl (C=O) groups is 1. The van der Waals surface area contributed by atoms with Gasteiger partial charge in [-0.1, -0.05) is 17.7 Å². The van der Waals surface area contributed by atoms with Crippen molar-refractivity contribution < 1.29 is 13.2 Å². The Morgan fingerprint density at radius 3 is 2.38 bits per heavy atom. The Bertz CT molecular complexity index is 868. The lowest BCUT2D eigenvalue weighted by Gasteiger charge is -2.13. The van der Waals surface area contributed by atoms with Crippen molar-refractivity contribution in [3.05, 3.63) is 53.1 Å². The van der Waals surface area contributed by atoms with Gasteiger partial charge in [0.1, 0.15) is 0 Å². The molecular weight excluding hydrogens is 374 g/mol. The maximum Gasteiger partial charge on any atom is 0.262 e. The number of hydrogen-bond acceptors (Lipinski definition) is 4. The monoisotopic (exact) mass is 395 g/mol. The molecule has 0 radical (unpaired) electrons. The Morgan fingerprint density at radius 2 is 1.73 bits per heavy atom. The van der Waals surface area contributed by atoms with Crippen LogP contribution in [0.2, 0.25) is 5.02 Å². The van der Waals surface area contributed by atoms with Gasteiger partial charge < -0.3 is 10.6 Å². The zero-order chi connectivity index (χ0) is 19.2. The summed E-state index contributed by atoms with van der Waals surface area (Å²) < 4.78 is 27.9. The smallest absolute Gasteiger partial charge is 0.262 e. The van der Waals surface area contributed by atoms with Crippen molar-refractivity contribution in [3.63, 3.8) is 0 Å². The van der Waals surface area contributed by atoms with Crippen molar-refractivity contribution in [2.24, 2.45) is 0 Å². The SMILES string of the molecule is CNCCCC(=O)Nc1ccc(C)c(S(=O)(=O)Nc2ccc(Cl)cc2)c1. The van der Waals surface area contributed by atoms with Gasteiger partial charge in [0, 0.05) is 22.8 Å². The van der Waals surface area contributed by atoms with Crippen LogP contribution >= 0.6 is 11.6 Å². The maximum atomic E-state index is 12.7. The number of rotatable bonds is 8. The Kier molecular flexibility index (Phi) is 7.02. The molecule has 1 amide bonds. The number of anilines is 2. The van der Waals surface area contributed by atoms with Gasteiger partial charge in [-0.05, 0) is 68.9 Å². The summed E-state index contributed by atoms with van der Waals surface area (Å²) in [5, 5.41) is 6.23. The average Bonchev–Trinajstić information content (AvgIpc) is 2.58. The van der Waals surface area contributed by atoms with Crippen molar-refractivity contribution in [2.45, 2.75) is 24.7 Å². The number of hydrogen-bond donors (Lipinski definition) is 3. The molecule has 0 saturated heterocycles. The van der Waals surface area contributed by atoms with Crippen LogP contribution in [-0.4, -0.2) is 27.9 Å². The van der Waals surface area contributed by atoms with Gasteiger partial charge in [-0.3, -0.25) is 9.52 Å². The van der Waals surface area contributed by atoms with Crippen molar-refractivity contribution in [1.29, 1.82) is 0 Å². The van der Waals surface area contributed by atoms with E-state index >= 15 is 0 Å². The molecule has 0 aliphatic heterocycles. The first-order valence-electron chi connectivity index (χ1n) is 8.15. The number of benzene rings is 2. The highest BCUT2D eigenvalue weighted by atomic mass is 35.5. The fourth-order valence-electron chi connectivity index (χ4n) is 2.34. The molecule has 2 aromatic rings. The highest BCUT2D eigenvalue weighted by Gasteiger charge is 2.18. The lowest BCUT2D eigenvalue weighted by Crippen LogP contribution is -2.17. The van der Waals surface area contributed by atoms with Crippen LogP contribution in [0.5, 0.6) is 0 Å². The van der Waals surface area contributed by atoms with E-state index in [2.05, 4.69) is 15.4 Å². The molecule has 0 aliphatic carbocycles. The Balaban J connectivity index is 2.17. The molecule has 3 N–H and O–H groups in total. The minimum absolute atomic E-state index is 0.112. The van der Waals surface area contributed by atoms with E-state index < -0.39 is 10.0 Å². The van der Waals surface area contributed by atoms with Crippen molar-refractivity contribution in [3.8, 4) is 0 Å². The van der Waals surface area contributed by atoms with Gasteiger partial charge in [0.2, 0.25) is 5.91 Å². The number of carbonyl (C=O) groups excluding carboxylic acids is 1. The first-order valence-corrected chi connectivity index (χ1v) is 10.0. The van der Waals surface area contributed by atoms with Crippen LogP contribution in [-0.2, 0) is 14.8 Å². The molecule has 0 saturated carbocycles. The Labute approximate surface area is 159 Å². The summed E-state index contributed by atoms with van der Waals surface area (Å²) >= 11 is 5.82. The van der Waals surface area contributed by atoms with E-state index in [0.717, 1.165) is 6.54 Å². The molecule has 0 aliphatic rings. The summed E-state index contributed by atoms with van der Waals surface area (Å²) in [4.78, 5) is 12.1. The highest BCUT2D eigenvalue weighted by Crippen LogP contribution is 2.24. The van der Waals surface area contributed by atoms with Gasteiger partial charge in [0.05, 0.1) is 4.90 Å². The molecule has 0 aromatic heterocycles. The summed E-state index contributed by atoms with van der Waals surface area (Å²) in [6.45, 7) is 2.45. The molecule has 2 rings (SSSR count). The topological polar surface area (TPSA) is 87.3 Å². The minimum Gasteiger partial charge on any atom is -0.326 e. The zero-order valence-electron chi connectivity index (χ0n) is 14.7. The van der Waals surface area contributed by atoms with E-state index in [1.165, 1.54) is 6.07 Å². The second kappa shape index (κ2) is 9.02. The van der Waals surface area contributed by atoms with Crippen LogP contribution in [0.25, 0.3) is 0 Å². The first kappa shape index (κ1) is 20.2. The van der Waals surface area contributed by atoms with Gasteiger partial charge >= 0.3 is 0 Å². The van der Waals surface area contributed by atoms with Crippen LogP contribution < -0.4 is 15.4 Å². The molecule has 0 heterocycles. The molecule has 8 heteroatoms. The third kappa shape index (κ3) is 5.72. The van der Waals surface area contributed by atoms with E-state index in [0.29, 0.717) is 34.8 Å². The molecular formula is C18H22ClN3O3S. The van der Waals surface area contributed by atoms with Crippen LogP contribution in [0.4, 0.5) is 11.4 Å². The van der Waals surface area contributed by atoms with Crippen LogP contribution in [0.15, 0.2) is 47.4 Å². The molecule has 140 valence electrons. The van der Waals surface area contributed by atoms with E-state index in [1.54, 1.807) is 43.3 Å². The predicted octanol–water partition coefficient (Wildman–Crippen LogP) is 3.39. The molecule has 0 atom stereocenters. The lowest BCUT2D eigenvalue weighted by molar-refractivity contribution is -0.116. The zero-order valence-corrected chi connectivity index (χ0v) is 16.2. The fourth-order valence-corrected chi connectivity index (χ4v) is 3.80. The van der Waals surface area contributed by atoms with Crippen molar-refractivity contribution in [2.75, 3.05) is 23.6 Å². The largest absolute Gasteiger partial charge is 0.326 e. The molecule has 0 spiro atoms. The highest BCUT2D eigenvalue weighted by molar-refractivity contribution is 7.92. The number of nitrogens with one attached hydrogen (secondary N) is 3. The summed E-state index contributed by atoms with van der Waals surface area (Å²) in [5.41, 5.74) is 1.44. The number of aryl methyl sites for hydroxylation is 1. The van der Waals surface area contributed by atoms with Crippen LogP contribution in [0, 0.1) is 6.92 Å². The van der Waals surface area contributed by atoms with Gasteiger partial charge in [-0.25, -0.2) is 8.42 Å². The van der Waals surface area contributed by atoms with Crippen molar-refractivity contribution in [1.82, 2.24) is 5.32 Å². The molecule has 0 bridgehead atoms. The van der Waals surface area contributed by atoms with Crippen LogP contribution in [0.3, 0.4) is 0 Å². The summed E-state index contributed by atoms with van der Waals surface area (Å²) in [6.07, 6.45) is 1.07. The van der Waals surface area contributed by atoms with Gasteiger partial charge in [-0.15, -0.1) is 0 Å². The van der Waals surface area contributed by atoms with E-state index in [4.69, 9.17) is 11.6 Å². The number of sulfonamides is 1. The maximum absolute atomic E-state index is 12.7. The van der Waals surface area contributed by atoms with Crippen molar-refractivity contribution >= 4 is 38.9 Å². The molecule has 0 fully saturated rings. The summed E-state index contributed by atoms with van der Waals surface area (Å²) in [5.74, 6) is -0.155. The van der Waals surface area contributed by atoms with E-state index in [1.807, 2.05) is 7.05 Å². The first-order chi connectivity index (χ1) is 12.3. The van der Waals surface area contributed by atoms with E-state index in [9.17, 15) is 13.2 Å². The molecule has 26 heavy (non-hydrogen) atoms. The minimum atomic E-state index is -3.79. The third-order valence-corrected chi connectivity index (χ3v) is 5.46. The fraction of sp³-hybridized carbons (Fsp3) is 0.278. The average molecular weight is 396 g/mol. The number of amides is 1. The second-order valence-electron chi connectivity index (χ2n) is 5.85. The summed E-state index contributed by atoms with van der Waals surface area (Å²) in [7, 11) is -1.97. The van der Waals surface area contributed by atoms with Gasteiger partial charge in [-0.2, -0.15) is 0 Å². The second-order valence-corrected chi connectivity index (χ2v) is 7.94.